The highest BCUT2D eigenvalue weighted by atomic mass is 35.5. The molecular formula is C18H17ClN2O2S. The molecule has 1 heterocycles. The van der Waals surface area contributed by atoms with E-state index in [0.29, 0.717) is 16.3 Å². The number of halogens is 1. The van der Waals surface area contributed by atoms with E-state index in [9.17, 15) is 4.21 Å². The van der Waals surface area contributed by atoms with E-state index in [0.717, 1.165) is 16.5 Å². The van der Waals surface area contributed by atoms with Crippen LogP contribution in [0.1, 0.15) is 26.3 Å². The molecule has 0 aliphatic heterocycles. The number of rotatable bonds is 3. The summed E-state index contributed by atoms with van der Waals surface area (Å²) in [6.45, 7) is 5.67. The molecular weight excluding hydrogens is 344 g/mol. The zero-order chi connectivity index (χ0) is 17.3. The van der Waals surface area contributed by atoms with Gasteiger partial charge >= 0.3 is 0 Å². The fourth-order valence-corrected chi connectivity index (χ4v) is 2.88. The smallest absolute Gasteiger partial charge is 0.169 e. The first-order chi connectivity index (χ1) is 11.4. The van der Waals surface area contributed by atoms with E-state index in [4.69, 9.17) is 16.1 Å². The molecule has 0 unspecified atom stereocenters. The molecule has 24 heavy (non-hydrogen) atoms. The van der Waals surface area contributed by atoms with Gasteiger partial charge in [-0.15, -0.1) is 0 Å². The highest BCUT2D eigenvalue weighted by molar-refractivity contribution is 7.85. The Bertz CT molecular complexity index is 942. The third kappa shape index (κ3) is 3.42. The molecule has 0 saturated heterocycles. The van der Waals surface area contributed by atoms with E-state index < -0.39 is 15.7 Å². The van der Waals surface area contributed by atoms with Crippen LogP contribution in [0.2, 0.25) is 5.02 Å². The molecule has 3 aromatic rings. The lowest BCUT2D eigenvalue weighted by molar-refractivity contribution is 0.459. The maximum Gasteiger partial charge on any atom is 0.169 e. The summed E-state index contributed by atoms with van der Waals surface area (Å²) < 4.78 is 21.3. The molecule has 6 heteroatoms. The Morgan fingerprint density at radius 3 is 2.71 bits per heavy atom. The fraction of sp³-hybridized carbons (Fsp3) is 0.222. The summed E-state index contributed by atoms with van der Waals surface area (Å²) in [6.07, 6.45) is 1.63. The van der Waals surface area contributed by atoms with Crippen molar-refractivity contribution >= 4 is 39.8 Å². The zero-order valence-electron chi connectivity index (χ0n) is 13.6. The van der Waals surface area contributed by atoms with Gasteiger partial charge in [-0.25, -0.2) is 4.21 Å². The highest BCUT2D eigenvalue weighted by Crippen LogP contribution is 2.31. The van der Waals surface area contributed by atoms with E-state index in [1.807, 2.05) is 51.1 Å². The number of hydrogen-bond donors (Lipinski definition) is 0. The van der Waals surface area contributed by atoms with Gasteiger partial charge in [-0.1, -0.05) is 41.0 Å². The largest absolute Gasteiger partial charge is 0.356 e. The summed E-state index contributed by atoms with van der Waals surface area (Å²) in [5.41, 5.74) is 3.04. The second-order valence-electron chi connectivity index (χ2n) is 6.35. The maximum atomic E-state index is 12.1. The van der Waals surface area contributed by atoms with Gasteiger partial charge in [-0.3, -0.25) is 0 Å². The lowest BCUT2D eigenvalue weighted by Gasteiger charge is -2.12. The van der Waals surface area contributed by atoms with Crippen LogP contribution >= 0.6 is 11.6 Å². The van der Waals surface area contributed by atoms with Gasteiger partial charge in [-0.05, 0) is 32.9 Å². The van der Waals surface area contributed by atoms with Crippen molar-refractivity contribution in [2.75, 3.05) is 0 Å². The van der Waals surface area contributed by atoms with Gasteiger partial charge in [0.25, 0.3) is 0 Å². The quantitative estimate of drug-likeness (QED) is 0.615. The molecule has 0 N–H and O–H groups in total. The monoisotopic (exact) mass is 360 g/mol. The minimum absolute atomic E-state index is 0.400. The average molecular weight is 361 g/mol. The molecule has 1 aromatic heterocycles. The van der Waals surface area contributed by atoms with Crippen LogP contribution < -0.4 is 0 Å². The van der Waals surface area contributed by atoms with Crippen LogP contribution in [0.15, 0.2) is 51.4 Å². The van der Waals surface area contributed by atoms with E-state index in [2.05, 4.69) is 9.55 Å². The Morgan fingerprint density at radius 1 is 1.21 bits per heavy atom. The average Bonchev–Trinajstić information content (AvgIpc) is 2.94. The first-order valence-electron chi connectivity index (χ1n) is 7.46. The first kappa shape index (κ1) is 16.9. The summed E-state index contributed by atoms with van der Waals surface area (Å²) >= 11 is 5.99. The molecule has 0 bridgehead atoms. The van der Waals surface area contributed by atoms with Crippen LogP contribution in [-0.2, 0) is 11.0 Å². The van der Waals surface area contributed by atoms with Crippen molar-refractivity contribution in [2.45, 2.75) is 25.5 Å². The molecule has 1 atom stereocenters. The van der Waals surface area contributed by atoms with Crippen LogP contribution in [0.25, 0.3) is 22.2 Å². The first-order valence-corrected chi connectivity index (χ1v) is 8.95. The molecule has 4 nitrogen and oxygen atoms in total. The molecule has 3 rings (SSSR count). The van der Waals surface area contributed by atoms with Crippen LogP contribution in [0.5, 0.6) is 0 Å². The van der Waals surface area contributed by atoms with Crippen LogP contribution in [0.3, 0.4) is 0 Å². The fourth-order valence-electron chi connectivity index (χ4n) is 2.19. The van der Waals surface area contributed by atoms with Crippen molar-refractivity contribution in [1.82, 2.24) is 5.16 Å². The minimum atomic E-state index is -1.31. The SMILES string of the molecule is CC(C)(C)[S@](=O)/N=C/c1ccccc1-c1noc2cc(Cl)ccc12. The normalized spacial score (nSPS) is 13.7. The minimum Gasteiger partial charge on any atom is -0.356 e. The topological polar surface area (TPSA) is 55.5 Å². The molecule has 0 radical (unpaired) electrons. The van der Waals surface area contributed by atoms with Crippen LogP contribution in [0, 0.1) is 0 Å². The van der Waals surface area contributed by atoms with E-state index >= 15 is 0 Å². The van der Waals surface area contributed by atoms with Crippen LogP contribution in [-0.4, -0.2) is 20.3 Å². The molecule has 124 valence electrons. The van der Waals surface area contributed by atoms with Crippen LogP contribution in [0.4, 0.5) is 0 Å². The molecule has 0 amide bonds. The second kappa shape index (κ2) is 6.49. The predicted molar refractivity (Wildman–Crippen MR) is 99.9 cm³/mol. The lowest BCUT2D eigenvalue weighted by atomic mass is 10.0. The Labute approximate surface area is 148 Å². The Morgan fingerprint density at radius 2 is 1.96 bits per heavy atom. The zero-order valence-corrected chi connectivity index (χ0v) is 15.2. The van der Waals surface area contributed by atoms with Gasteiger partial charge in [0, 0.05) is 33.8 Å². The Hall–Kier alpha value is -1.98. The molecule has 2 aromatic carbocycles. The van der Waals surface area contributed by atoms with Gasteiger partial charge in [-0.2, -0.15) is 4.40 Å². The van der Waals surface area contributed by atoms with Crippen molar-refractivity contribution in [3.63, 3.8) is 0 Å². The van der Waals surface area contributed by atoms with E-state index in [-0.39, 0.29) is 0 Å². The second-order valence-corrected chi connectivity index (χ2v) is 8.73. The molecule has 0 saturated carbocycles. The van der Waals surface area contributed by atoms with E-state index in [1.54, 1.807) is 18.3 Å². The lowest BCUT2D eigenvalue weighted by Crippen LogP contribution is -2.19. The van der Waals surface area contributed by atoms with Crippen molar-refractivity contribution < 1.29 is 8.73 Å². The summed E-state index contributed by atoms with van der Waals surface area (Å²) in [7, 11) is -1.31. The standard InChI is InChI=1S/C18H17ClN2O2S/c1-18(2,3)24(22)20-11-12-6-4-5-7-14(12)17-15-9-8-13(19)10-16(15)23-21-17/h4-11H,1-3H3/b20-11+/t24-/m0/s1. The Balaban J connectivity index is 2.06. The number of aromatic nitrogens is 1. The third-order valence-corrected chi connectivity index (χ3v) is 5.04. The van der Waals surface area contributed by atoms with Gasteiger partial charge in [0.1, 0.15) is 16.7 Å². The number of fused-ring (bicyclic) bond motifs is 1. The number of hydrogen-bond acceptors (Lipinski definition) is 3. The van der Waals surface area contributed by atoms with Crippen molar-refractivity contribution in [1.29, 1.82) is 0 Å². The van der Waals surface area contributed by atoms with Crippen molar-refractivity contribution in [3.8, 4) is 11.3 Å². The molecule has 0 fully saturated rings. The predicted octanol–water partition coefficient (Wildman–Crippen LogP) is 5.03. The Kier molecular flexibility index (Phi) is 4.56. The van der Waals surface area contributed by atoms with E-state index in [1.165, 1.54) is 0 Å². The molecule has 0 aliphatic carbocycles. The van der Waals surface area contributed by atoms with Crippen molar-refractivity contribution in [2.24, 2.45) is 4.40 Å². The number of nitrogens with zero attached hydrogens (tertiary/aromatic N) is 2. The molecule has 0 spiro atoms. The molecule has 0 aliphatic rings. The summed E-state index contributed by atoms with van der Waals surface area (Å²) in [5.74, 6) is 0. The number of benzene rings is 2. The van der Waals surface area contributed by atoms with Gasteiger partial charge in [0.15, 0.2) is 5.58 Å². The maximum absolute atomic E-state index is 12.1. The van der Waals surface area contributed by atoms with Gasteiger partial charge in [0.05, 0.1) is 4.75 Å². The highest BCUT2D eigenvalue weighted by Gasteiger charge is 2.19. The van der Waals surface area contributed by atoms with Gasteiger partial charge in [0.2, 0.25) is 0 Å². The third-order valence-electron chi connectivity index (χ3n) is 3.46. The summed E-state index contributed by atoms with van der Waals surface area (Å²) in [6, 6.07) is 13.1. The van der Waals surface area contributed by atoms with Gasteiger partial charge < -0.3 is 4.52 Å². The van der Waals surface area contributed by atoms with Crippen molar-refractivity contribution in [3.05, 3.63) is 53.1 Å². The summed E-state index contributed by atoms with van der Waals surface area (Å²) in [4.78, 5) is 0. The summed E-state index contributed by atoms with van der Waals surface area (Å²) in [5, 5.41) is 5.64.